The Bertz CT molecular complexity index is 436. The van der Waals surface area contributed by atoms with E-state index in [9.17, 15) is 4.79 Å². The lowest BCUT2D eigenvalue weighted by Crippen LogP contribution is -2.13. The summed E-state index contributed by atoms with van der Waals surface area (Å²) in [7, 11) is 1.63. The van der Waals surface area contributed by atoms with E-state index < -0.39 is 5.97 Å². The van der Waals surface area contributed by atoms with E-state index in [1.54, 1.807) is 7.11 Å². The highest BCUT2D eigenvalue weighted by Crippen LogP contribution is 2.36. The number of hydrogen-bond acceptors (Lipinski definition) is 2. The van der Waals surface area contributed by atoms with Crippen LogP contribution in [0.1, 0.15) is 57.1 Å². The van der Waals surface area contributed by atoms with Gasteiger partial charge in [0.25, 0.3) is 0 Å². The molecule has 1 atom stereocenters. The number of benzene rings is 1. The van der Waals surface area contributed by atoms with Gasteiger partial charge in [-0.3, -0.25) is 4.79 Å². The molecule has 0 heterocycles. The molecule has 3 nitrogen and oxygen atoms in total. The maximum Gasteiger partial charge on any atom is 0.303 e. The average molecular weight is 264 g/mol. The third kappa shape index (κ3) is 3.98. The maximum absolute atomic E-state index is 11.1. The lowest BCUT2D eigenvalue weighted by Gasteiger charge is -2.23. The molecule has 0 radical (unpaired) electrons. The molecule has 0 aliphatic rings. The van der Waals surface area contributed by atoms with Crippen LogP contribution >= 0.6 is 0 Å². The first-order chi connectivity index (χ1) is 8.86. The van der Waals surface area contributed by atoms with Crippen molar-refractivity contribution in [2.24, 2.45) is 5.92 Å². The summed E-state index contributed by atoms with van der Waals surface area (Å²) in [5, 5.41) is 9.10. The van der Waals surface area contributed by atoms with Gasteiger partial charge in [0.2, 0.25) is 0 Å². The van der Waals surface area contributed by atoms with Crippen LogP contribution in [0.5, 0.6) is 5.75 Å². The summed E-state index contributed by atoms with van der Waals surface area (Å²) >= 11 is 0. The Labute approximate surface area is 115 Å². The summed E-state index contributed by atoms with van der Waals surface area (Å²) < 4.78 is 5.40. The van der Waals surface area contributed by atoms with Gasteiger partial charge in [-0.25, -0.2) is 0 Å². The van der Waals surface area contributed by atoms with Crippen molar-refractivity contribution in [1.29, 1.82) is 0 Å². The van der Waals surface area contributed by atoms with Crippen LogP contribution < -0.4 is 4.74 Å². The van der Waals surface area contributed by atoms with E-state index in [0.29, 0.717) is 5.92 Å². The summed E-state index contributed by atoms with van der Waals surface area (Å²) in [5.74, 6) is 0.668. The topological polar surface area (TPSA) is 46.5 Å². The Hall–Kier alpha value is -1.51. The molecule has 0 aliphatic heterocycles. The third-order valence-electron chi connectivity index (χ3n) is 3.52. The summed E-state index contributed by atoms with van der Waals surface area (Å²) in [6.45, 7) is 8.37. The number of ether oxygens (including phenoxy) is 1. The van der Waals surface area contributed by atoms with Crippen molar-refractivity contribution in [3.8, 4) is 5.75 Å². The zero-order chi connectivity index (χ0) is 14.6. The van der Waals surface area contributed by atoms with Gasteiger partial charge in [-0.2, -0.15) is 0 Å². The van der Waals surface area contributed by atoms with Crippen molar-refractivity contribution in [3.63, 3.8) is 0 Å². The normalized spacial score (nSPS) is 12.8. The lowest BCUT2D eigenvalue weighted by atomic mass is 9.83. The van der Waals surface area contributed by atoms with Crippen LogP contribution in [0.2, 0.25) is 0 Å². The van der Waals surface area contributed by atoms with Gasteiger partial charge in [-0.05, 0) is 29.0 Å². The molecule has 1 rings (SSSR count). The fourth-order valence-electron chi connectivity index (χ4n) is 2.29. The van der Waals surface area contributed by atoms with Gasteiger partial charge in [0, 0.05) is 5.92 Å². The minimum absolute atomic E-state index is 0.0221. The Balaban J connectivity index is 3.25. The largest absolute Gasteiger partial charge is 0.496 e. The van der Waals surface area contributed by atoms with Crippen LogP contribution in [0.4, 0.5) is 0 Å². The van der Waals surface area contributed by atoms with Crippen LogP contribution in [0.3, 0.4) is 0 Å². The van der Waals surface area contributed by atoms with Crippen LogP contribution in [0.25, 0.3) is 0 Å². The van der Waals surface area contributed by atoms with Gasteiger partial charge < -0.3 is 9.84 Å². The SMILES string of the molecule is COc1ccc(C(C)C)cc1C(CC(=O)O)C(C)C. The lowest BCUT2D eigenvalue weighted by molar-refractivity contribution is -0.137. The minimum atomic E-state index is -0.768. The number of rotatable bonds is 6. The number of hydrogen-bond donors (Lipinski definition) is 1. The fourth-order valence-corrected chi connectivity index (χ4v) is 2.29. The highest BCUT2D eigenvalue weighted by molar-refractivity contribution is 5.68. The van der Waals surface area contributed by atoms with Crippen LogP contribution in [0.15, 0.2) is 18.2 Å². The standard InChI is InChI=1S/C16H24O3/c1-10(2)12-6-7-15(19-5)14(8-12)13(11(3)4)9-16(17)18/h6-8,10-11,13H,9H2,1-5H3,(H,17,18). The molecule has 0 aliphatic carbocycles. The van der Waals surface area contributed by atoms with Gasteiger partial charge in [-0.15, -0.1) is 0 Å². The quantitative estimate of drug-likeness (QED) is 0.843. The summed E-state index contributed by atoms with van der Waals surface area (Å²) in [5.41, 5.74) is 2.22. The first-order valence-corrected chi connectivity index (χ1v) is 6.76. The van der Waals surface area contributed by atoms with Crippen molar-refractivity contribution < 1.29 is 14.6 Å². The Kier molecular flexibility index (Phi) is 5.40. The molecule has 0 fully saturated rings. The van der Waals surface area contributed by atoms with Crippen LogP contribution in [-0.2, 0) is 4.79 Å². The van der Waals surface area contributed by atoms with Crippen LogP contribution in [0, 0.1) is 5.92 Å². The van der Waals surface area contributed by atoms with Crippen molar-refractivity contribution in [2.75, 3.05) is 7.11 Å². The van der Waals surface area contributed by atoms with Crippen molar-refractivity contribution in [1.82, 2.24) is 0 Å². The molecule has 0 saturated carbocycles. The molecule has 106 valence electrons. The van der Waals surface area contributed by atoms with Crippen molar-refractivity contribution in [2.45, 2.75) is 46.0 Å². The van der Waals surface area contributed by atoms with E-state index in [1.165, 1.54) is 5.56 Å². The molecular formula is C16H24O3. The van der Waals surface area contributed by atoms with E-state index in [2.05, 4.69) is 33.8 Å². The molecule has 1 aromatic carbocycles. The number of carboxylic acid groups (broad SMARTS) is 1. The molecule has 1 unspecified atom stereocenters. The summed E-state index contributed by atoms with van der Waals surface area (Å²) in [4.78, 5) is 11.1. The molecule has 19 heavy (non-hydrogen) atoms. The second-order valence-corrected chi connectivity index (χ2v) is 5.60. The molecular weight excluding hydrogens is 240 g/mol. The van der Waals surface area contributed by atoms with Gasteiger partial charge in [0.1, 0.15) is 5.75 Å². The van der Waals surface area contributed by atoms with E-state index in [4.69, 9.17) is 9.84 Å². The number of aliphatic carboxylic acids is 1. The predicted octanol–water partition coefficient (Wildman–Crippen LogP) is 4.03. The molecule has 0 amide bonds. The Morgan fingerprint density at radius 1 is 1.26 bits per heavy atom. The third-order valence-corrected chi connectivity index (χ3v) is 3.52. The highest BCUT2D eigenvalue weighted by atomic mass is 16.5. The molecule has 0 bridgehead atoms. The van der Waals surface area contributed by atoms with Gasteiger partial charge in [0.15, 0.2) is 0 Å². The van der Waals surface area contributed by atoms with E-state index >= 15 is 0 Å². The highest BCUT2D eigenvalue weighted by Gasteiger charge is 2.23. The Morgan fingerprint density at radius 3 is 2.32 bits per heavy atom. The summed E-state index contributed by atoms with van der Waals surface area (Å²) in [6, 6.07) is 6.09. The van der Waals surface area contributed by atoms with Crippen molar-refractivity contribution >= 4 is 5.97 Å². The predicted molar refractivity (Wildman–Crippen MR) is 76.9 cm³/mol. The Morgan fingerprint density at radius 2 is 1.89 bits per heavy atom. The first kappa shape index (κ1) is 15.5. The van der Waals surface area contributed by atoms with Gasteiger partial charge in [-0.1, -0.05) is 39.8 Å². The fraction of sp³-hybridized carbons (Fsp3) is 0.562. The second kappa shape index (κ2) is 6.60. The summed E-state index contributed by atoms with van der Waals surface area (Å²) in [6.07, 6.45) is 0.134. The molecule has 0 aromatic heterocycles. The zero-order valence-electron chi connectivity index (χ0n) is 12.4. The second-order valence-electron chi connectivity index (χ2n) is 5.60. The van der Waals surface area contributed by atoms with Gasteiger partial charge in [0.05, 0.1) is 13.5 Å². The van der Waals surface area contributed by atoms with E-state index in [1.807, 2.05) is 12.1 Å². The molecule has 0 spiro atoms. The number of methoxy groups -OCH3 is 1. The van der Waals surface area contributed by atoms with E-state index in [0.717, 1.165) is 11.3 Å². The van der Waals surface area contributed by atoms with Crippen LogP contribution in [-0.4, -0.2) is 18.2 Å². The van der Waals surface area contributed by atoms with Gasteiger partial charge >= 0.3 is 5.97 Å². The molecule has 1 N–H and O–H groups in total. The molecule has 0 saturated heterocycles. The zero-order valence-corrected chi connectivity index (χ0v) is 12.4. The number of carbonyl (C=O) groups is 1. The smallest absolute Gasteiger partial charge is 0.303 e. The number of carboxylic acids is 1. The average Bonchev–Trinajstić information content (AvgIpc) is 2.34. The minimum Gasteiger partial charge on any atom is -0.496 e. The monoisotopic (exact) mass is 264 g/mol. The van der Waals surface area contributed by atoms with Crippen molar-refractivity contribution in [3.05, 3.63) is 29.3 Å². The van der Waals surface area contributed by atoms with E-state index in [-0.39, 0.29) is 18.3 Å². The molecule has 3 heteroatoms. The first-order valence-electron chi connectivity index (χ1n) is 6.76. The molecule has 1 aromatic rings. The maximum atomic E-state index is 11.1.